The van der Waals surface area contributed by atoms with Gasteiger partial charge in [-0.3, -0.25) is 9.59 Å². The number of para-hydroxylation sites is 1. The van der Waals surface area contributed by atoms with E-state index in [1.807, 2.05) is 18.3 Å². The van der Waals surface area contributed by atoms with E-state index in [0.29, 0.717) is 24.3 Å². The highest BCUT2D eigenvalue weighted by molar-refractivity contribution is 6.08. The molecule has 0 saturated carbocycles. The van der Waals surface area contributed by atoms with Gasteiger partial charge in [-0.05, 0) is 48.4 Å². The number of hydrogen-bond donors (Lipinski definition) is 2. The number of amides is 2. The monoisotopic (exact) mass is 412 g/mol. The van der Waals surface area contributed by atoms with Gasteiger partial charge in [-0.1, -0.05) is 18.2 Å². The fourth-order valence-corrected chi connectivity index (χ4v) is 3.86. The van der Waals surface area contributed by atoms with Crippen molar-refractivity contribution in [1.29, 1.82) is 0 Å². The van der Waals surface area contributed by atoms with E-state index < -0.39 is 0 Å². The highest BCUT2D eigenvalue weighted by Crippen LogP contribution is 2.29. The Labute approximate surface area is 178 Å². The van der Waals surface area contributed by atoms with Crippen LogP contribution in [0.5, 0.6) is 0 Å². The molecule has 7 heteroatoms. The molecule has 1 aliphatic rings. The molecule has 2 N–H and O–H groups in total. The van der Waals surface area contributed by atoms with Gasteiger partial charge in [0, 0.05) is 36.4 Å². The van der Waals surface area contributed by atoms with Gasteiger partial charge >= 0.3 is 0 Å². The van der Waals surface area contributed by atoms with Gasteiger partial charge in [-0.2, -0.15) is 0 Å². The van der Waals surface area contributed by atoms with E-state index in [1.54, 1.807) is 47.5 Å². The first-order valence-electron chi connectivity index (χ1n) is 10.1. The van der Waals surface area contributed by atoms with Crippen LogP contribution in [0.4, 0.5) is 5.69 Å². The van der Waals surface area contributed by atoms with E-state index in [1.165, 1.54) is 11.8 Å². The SMILES string of the molecule is O=C(Nc1ccccc1C(=O)N1CC=C(c2c[nH]c3ncccc23)CC1)c1ccco1. The standard InChI is InChI=1S/C24H20N4O3/c29-23(21-8-4-14-31-21)27-20-7-2-1-5-18(20)24(30)28-12-9-16(10-13-28)19-15-26-22-17(19)6-3-11-25-22/h1-9,11,14-15H,10,12-13H2,(H,25,26)(H,27,29). The summed E-state index contributed by atoms with van der Waals surface area (Å²) >= 11 is 0. The Morgan fingerprint density at radius 2 is 2.00 bits per heavy atom. The molecule has 5 rings (SSSR count). The summed E-state index contributed by atoms with van der Waals surface area (Å²) in [6.45, 7) is 1.10. The van der Waals surface area contributed by atoms with Gasteiger partial charge in [-0.15, -0.1) is 0 Å². The van der Waals surface area contributed by atoms with Crippen LogP contribution in [-0.4, -0.2) is 39.8 Å². The summed E-state index contributed by atoms with van der Waals surface area (Å²) in [5, 5.41) is 3.86. The first-order valence-corrected chi connectivity index (χ1v) is 10.1. The zero-order chi connectivity index (χ0) is 21.2. The topological polar surface area (TPSA) is 91.2 Å². The Morgan fingerprint density at radius 3 is 2.81 bits per heavy atom. The van der Waals surface area contributed by atoms with Crippen molar-refractivity contribution in [2.75, 3.05) is 18.4 Å². The summed E-state index contributed by atoms with van der Waals surface area (Å²) < 4.78 is 5.14. The third-order valence-electron chi connectivity index (χ3n) is 5.44. The van der Waals surface area contributed by atoms with E-state index in [4.69, 9.17) is 4.42 Å². The van der Waals surface area contributed by atoms with Crippen LogP contribution < -0.4 is 5.32 Å². The lowest BCUT2D eigenvalue weighted by molar-refractivity contribution is 0.0774. The summed E-state index contributed by atoms with van der Waals surface area (Å²) in [6, 6.07) is 14.2. The summed E-state index contributed by atoms with van der Waals surface area (Å²) in [7, 11) is 0. The second-order valence-corrected chi connectivity index (χ2v) is 7.31. The average Bonchev–Trinajstić information content (AvgIpc) is 3.50. The lowest BCUT2D eigenvalue weighted by Gasteiger charge is -2.27. The fourth-order valence-electron chi connectivity index (χ4n) is 3.86. The molecule has 3 aromatic heterocycles. The van der Waals surface area contributed by atoms with Crippen LogP contribution in [0.25, 0.3) is 16.6 Å². The van der Waals surface area contributed by atoms with E-state index in [2.05, 4.69) is 21.4 Å². The van der Waals surface area contributed by atoms with E-state index in [-0.39, 0.29) is 17.6 Å². The Morgan fingerprint density at radius 1 is 1.10 bits per heavy atom. The highest BCUT2D eigenvalue weighted by atomic mass is 16.3. The summed E-state index contributed by atoms with van der Waals surface area (Å²) in [5.41, 5.74) is 4.10. The lowest BCUT2D eigenvalue weighted by atomic mass is 9.99. The van der Waals surface area contributed by atoms with Crippen LogP contribution in [0, 0.1) is 0 Å². The Bertz CT molecular complexity index is 1290. The van der Waals surface area contributed by atoms with E-state index in [9.17, 15) is 9.59 Å². The van der Waals surface area contributed by atoms with Gasteiger partial charge in [0.15, 0.2) is 5.76 Å². The highest BCUT2D eigenvalue weighted by Gasteiger charge is 2.23. The van der Waals surface area contributed by atoms with Crippen molar-refractivity contribution in [2.24, 2.45) is 0 Å². The minimum atomic E-state index is -0.390. The molecule has 0 aliphatic carbocycles. The number of carbonyl (C=O) groups is 2. The van der Waals surface area contributed by atoms with Gasteiger partial charge in [0.1, 0.15) is 5.65 Å². The van der Waals surface area contributed by atoms with Gasteiger partial charge in [-0.25, -0.2) is 4.98 Å². The predicted octanol–water partition coefficient (Wildman–Crippen LogP) is 4.34. The number of nitrogens with zero attached hydrogens (tertiary/aromatic N) is 2. The number of furan rings is 1. The van der Waals surface area contributed by atoms with Gasteiger partial charge in [0.05, 0.1) is 17.5 Å². The molecule has 4 heterocycles. The smallest absolute Gasteiger partial charge is 0.291 e. The normalized spacial score (nSPS) is 13.8. The number of carbonyl (C=O) groups excluding carboxylic acids is 2. The molecular weight excluding hydrogens is 392 g/mol. The molecule has 1 aliphatic heterocycles. The van der Waals surface area contributed by atoms with Crippen LogP contribution in [0.2, 0.25) is 0 Å². The number of aromatic nitrogens is 2. The van der Waals surface area contributed by atoms with Crippen molar-refractivity contribution in [3.8, 4) is 0 Å². The molecule has 31 heavy (non-hydrogen) atoms. The molecule has 0 atom stereocenters. The number of pyridine rings is 1. The molecule has 2 amide bonds. The Hall–Kier alpha value is -4.13. The molecule has 0 unspecified atom stereocenters. The molecule has 1 aromatic carbocycles. The molecule has 7 nitrogen and oxygen atoms in total. The summed E-state index contributed by atoms with van der Waals surface area (Å²) in [5.74, 6) is -0.314. The van der Waals surface area contributed by atoms with Crippen LogP contribution in [0.3, 0.4) is 0 Å². The molecule has 154 valence electrons. The second-order valence-electron chi connectivity index (χ2n) is 7.31. The van der Waals surface area contributed by atoms with E-state index in [0.717, 1.165) is 23.0 Å². The van der Waals surface area contributed by atoms with Crippen LogP contribution >= 0.6 is 0 Å². The largest absolute Gasteiger partial charge is 0.459 e. The lowest BCUT2D eigenvalue weighted by Crippen LogP contribution is -2.35. The third-order valence-corrected chi connectivity index (χ3v) is 5.44. The number of anilines is 1. The Kier molecular flexibility index (Phi) is 4.84. The maximum atomic E-state index is 13.2. The van der Waals surface area contributed by atoms with Crippen LogP contribution in [-0.2, 0) is 0 Å². The third kappa shape index (κ3) is 3.61. The average molecular weight is 412 g/mol. The first-order chi connectivity index (χ1) is 15.2. The van der Waals surface area contributed by atoms with Crippen molar-refractivity contribution in [3.05, 3.63) is 90.2 Å². The predicted molar refractivity (Wildman–Crippen MR) is 118 cm³/mol. The maximum absolute atomic E-state index is 13.2. The fraction of sp³-hybridized carbons (Fsp3) is 0.125. The zero-order valence-corrected chi connectivity index (χ0v) is 16.7. The summed E-state index contributed by atoms with van der Waals surface area (Å²) in [4.78, 5) is 34.9. The van der Waals surface area contributed by atoms with Gasteiger partial charge in [0.25, 0.3) is 11.8 Å². The maximum Gasteiger partial charge on any atom is 0.291 e. The molecular formula is C24H20N4O3. The van der Waals surface area contributed by atoms with Gasteiger partial charge in [0.2, 0.25) is 0 Å². The minimum absolute atomic E-state index is 0.119. The number of benzene rings is 1. The van der Waals surface area contributed by atoms with Crippen molar-refractivity contribution in [2.45, 2.75) is 6.42 Å². The molecule has 0 fully saturated rings. The van der Waals surface area contributed by atoms with Crippen molar-refractivity contribution >= 4 is 34.1 Å². The number of rotatable bonds is 4. The number of nitrogens with one attached hydrogen (secondary N) is 2. The molecule has 0 saturated heterocycles. The van der Waals surface area contributed by atoms with E-state index >= 15 is 0 Å². The second kappa shape index (κ2) is 7.95. The molecule has 4 aromatic rings. The number of aromatic amines is 1. The van der Waals surface area contributed by atoms with Crippen molar-refractivity contribution in [1.82, 2.24) is 14.9 Å². The first kappa shape index (κ1) is 18.9. The van der Waals surface area contributed by atoms with Gasteiger partial charge < -0.3 is 19.6 Å². The van der Waals surface area contributed by atoms with Crippen molar-refractivity contribution in [3.63, 3.8) is 0 Å². The zero-order valence-electron chi connectivity index (χ0n) is 16.7. The number of hydrogen-bond acceptors (Lipinski definition) is 4. The molecule has 0 radical (unpaired) electrons. The minimum Gasteiger partial charge on any atom is -0.459 e. The Balaban J connectivity index is 1.34. The number of fused-ring (bicyclic) bond motifs is 1. The summed E-state index contributed by atoms with van der Waals surface area (Å²) in [6.07, 6.45) is 8.00. The molecule has 0 spiro atoms. The van der Waals surface area contributed by atoms with Crippen molar-refractivity contribution < 1.29 is 14.0 Å². The van der Waals surface area contributed by atoms with Crippen LogP contribution in [0.1, 0.15) is 32.9 Å². The quantitative estimate of drug-likeness (QED) is 0.522. The molecule has 0 bridgehead atoms. The number of H-pyrrole nitrogens is 1. The van der Waals surface area contributed by atoms with Crippen LogP contribution in [0.15, 0.2) is 77.7 Å².